The van der Waals surface area contributed by atoms with Crippen molar-refractivity contribution >= 4 is 33.8 Å². The van der Waals surface area contributed by atoms with Crippen LogP contribution in [0.4, 0.5) is 5.69 Å². The number of aryl methyl sites for hydroxylation is 1. The number of hydrogen-bond donors (Lipinski definition) is 2. The van der Waals surface area contributed by atoms with Gasteiger partial charge in [-0.05, 0) is 36.1 Å². The van der Waals surface area contributed by atoms with E-state index in [9.17, 15) is 4.79 Å². The predicted octanol–water partition coefficient (Wildman–Crippen LogP) is 3.57. The van der Waals surface area contributed by atoms with Gasteiger partial charge in [0.25, 0.3) is 0 Å². The number of benzene rings is 1. The van der Waals surface area contributed by atoms with Gasteiger partial charge in [-0.1, -0.05) is 18.2 Å². The zero-order chi connectivity index (χ0) is 17.2. The Hall–Kier alpha value is -3.06. The maximum absolute atomic E-state index is 12.5. The number of anilines is 1. The van der Waals surface area contributed by atoms with Crippen LogP contribution in [0.5, 0.6) is 0 Å². The average Bonchev–Trinajstić information content (AvgIpc) is 3.24. The third-order valence-electron chi connectivity index (χ3n) is 3.83. The summed E-state index contributed by atoms with van der Waals surface area (Å²) in [7, 11) is 0. The number of fused-ring (bicyclic) bond motifs is 1. The van der Waals surface area contributed by atoms with Crippen molar-refractivity contribution in [3.63, 3.8) is 0 Å². The highest BCUT2D eigenvalue weighted by Gasteiger charge is 2.14. The van der Waals surface area contributed by atoms with Crippen LogP contribution in [0.2, 0.25) is 0 Å². The normalized spacial score (nSPS) is 10.9. The van der Waals surface area contributed by atoms with Crippen LogP contribution in [0.15, 0.2) is 48.0 Å². The van der Waals surface area contributed by atoms with Gasteiger partial charge in [-0.2, -0.15) is 5.10 Å². The van der Waals surface area contributed by atoms with Gasteiger partial charge in [0.15, 0.2) is 5.82 Å². The molecule has 4 rings (SSSR count). The second-order valence-electron chi connectivity index (χ2n) is 5.62. The van der Waals surface area contributed by atoms with Crippen molar-refractivity contribution in [2.24, 2.45) is 0 Å². The van der Waals surface area contributed by atoms with Gasteiger partial charge in [-0.25, -0.2) is 4.98 Å². The number of nitrogens with zero attached hydrogens (tertiary/aromatic N) is 3. The molecule has 7 heteroatoms. The number of thiophene rings is 1. The molecular formula is C18H15N5OS. The molecule has 3 heterocycles. The van der Waals surface area contributed by atoms with Crippen LogP contribution >= 0.6 is 11.3 Å². The number of hydrogen-bond acceptors (Lipinski definition) is 5. The molecule has 0 atom stereocenters. The number of aromatic nitrogens is 4. The van der Waals surface area contributed by atoms with E-state index in [1.165, 1.54) is 11.3 Å². The monoisotopic (exact) mass is 349 g/mol. The van der Waals surface area contributed by atoms with Crippen LogP contribution in [0, 0.1) is 6.92 Å². The predicted molar refractivity (Wildman–Crippen MR) is 98.5 cm³/mol. The summed E-state index contributed by atoms with van der Waals surface area (Å²) in [6, 6.07) is 11.6. The van der Waals surface area contributed by atoms with Crippen molar-refractivity contribution in [3.8, 4) is 10.7 Å². The lowest BCUT2D eigenvalue weighted by Crippen LogP contribution is -2.14. The quantitative estimate of drug-likeness (QED) is 0.590. The fourth-order valence-corrected chi connectivity index (χ4v) is 3.50. The van der Waals surface area contributed by atoms with Crippen LogP contribution in [-0.2, 0) is 11.2 Å². The Balaban J connectivity index is 1.56. The number of H-pyrrole nitrogens is 1. The molecule has 0 saturated carbocycles. The molecule has 0 fully saturated rings. The topological polar surface area (TPSA) is 83.6 Å². The highest BCUT2D eigenvalue weighted by molar-refractivity contribution is 7.14. The molecule has 0 aliphatic heterocycles. The molecule has 3 aromatic heterocycles. The summed E-state index contributed by atoms with van der Waals surface area (Å²) in [5.41, 5.74) is 2.57. The van der Waals surface area contributed by atoms with Crippen molar-refractivity contribution < 1.29 is 4.79 Å². The third-order valence-corrected chi connectivity index (χ3v) is 4.74. The number of carbonyl (C=O) groups is 1. The third kappa shape index (κ3) is 3.14. The number of nitrogens with one attached hydrogen (secondary N) is 2. The molecule has 0 aliphatic rings. The van der Waals surface area contributed by atoms with E-state index in [2.05, 4.69) is 25.5 Å². The zero-order valence-corrected chi connectivity index (χ0v) is 14.3. The summed E-state index contributed by atoms with van der Waals surface area (Å²) in [6.45, 7) is 1.84. The summed E-state index contributed by atoms with van der Waals surface area (Å²) >= 11 is 1.50. The van der Waals surface area contributed by atoms with Gasteiger partial charge >= 0.3 is 0 Å². The van der Waals surface area contributed by atoms with Crippen molar-refractivity contribution in [1.29, 1.82) is 0 Å². The largest absolute Gasteiger partial charge is 0.324 e. The van der Waals surface area contributed by atoms with Crippen LogP contribution in [0.1, 0.15) is 11.4 Å². The first kappa shape index (κ1) is 15.5. The van der Waals surface area contributed by atoms with Crippen LogP contribution in [0.3, 0.4) is 0 Å². The minimum Gasteiger partial charge on any atom is -0.324 e. The van der Waals surface area contributed by atoms with Gasteiger partial charge in [-0.15, -0.1) is 11.3 Å². The molecule has 1 amide bonds. The van der Waals surface area contributed by atoms with Crippen LogP contribution in [0.25, 0.3) is 21.6 Å². The van der Waals surface area contributed by atoms with E-state index in [0.717, 1.165) is 32.9 Å². The lowest BCUT2D eigenvalue weighted by molar-refractivity contribution is -0.115. The number of amides is 1. The lowest BCUT2D eigenvalue weighted by atomic mass is 10.1. The Kier molecular flexibility index (Phi) is 3.99. The number of rotatable bonds is 4. The maximum Gasteiger partial charge on any atom is 0.228 e. The molecule has 2 N–H and O–H groups in total. The number of pyridine rings is 1. The summed E-state index contributed by atoms with van der Waals surface area (Å²) in [5, 5.41) is 12.9. The summed E-state index contributed by atoms with van der Waals surface area (Å²) in [4.78, 5) is 22.0. The molecule has 124 valence electrons. The molecule has 4 aromatic rings. The molecule has 0 bridgehead atoms. The van der Waals surface area contributed by atoms with E-state index in [4.69, 9.17) is 0 Å². The molecule has 25 heavy (non-hydrogen) atoms. The second-order valence-corrected chi connectivity index (χ2v) is 6.54. The Morgan fingerprint density at radius 2 is 2.16 bits per heavy atom. The molecule has 0 aliphatic carbocycles. The summed E-state index contributed by atoms with van der Waals surface area (Å²) in [6.07, 6.45) is 2.04. The molecule has 0 spiro atoms. The van der Waals surface area contributed by atoms with Crippen molar-refractivity contribution in [1.82, 2.24) is 20.2 Å². The average molecular weight is 349 g/mol. The Morgan fingerprint density at radius 3 is 3.00 bits per heavy atom. The minimum absolute atomic E-state index is 0.0803. The first-order valence-corrected chi connectivity index (χ1v) is 8.68. The van der Waals surface area contributed by atoms with Gasteiger partial charge in [0.2, 0.25) is 5.91 Å². The number of aromatic amines is 1. The Labute approximate surface area is 148 Å². The van der Waals surface area contributed by atoms with Crippen LogP contribution < -0.4 is 5.32 Å². The van der Waals surface area contributed by atoms with E-state index < -0.39 is 0 Å². The van der Waals surface area contributed by atoms with Gasteiger partial charge < -0.3 is 5.32 Å². The lowest BCUT2D eigenvalue weighted by Gasteiger charge is -2.07. The van der Waals surface area contributed by atoms with Crippen molar-refractivity contribution in [2.75, 3.05) is 5.32 Å². The van der Waals surface area contributed by atoms with Crippen molar-refractivity contribution in [2.45, 2.75) is 13.3 Å². The van der Waals surface area contributed by atoms with E-state index >= 15 is 0 Å². The fraction of sp³-hybridized carbons (Fsp3) is 0.111. The Bertz CT molecular complexity index is 1050. The number of carbonyl (C=O) groups excluding carboxylic acids is 1. The zero-order valence-electron chi connectivity index (χ0n) is 13.5. The fourth-order valence-electron chi connectivity index (χ4n) is 2.71. The first-order chi connectivity index (χ1) is 12.2. The highest BCUT2D eigenvalue weighted by atomic mass is 32.1. The van der Waals surface area contributed by atoms with E-state index in [-0.39, 0.29) is 12.3 Å². The van der Waals surface area contributed by atoms with Gasteiger partial charge in [0.1, 0.15) is 5.82 Å². The van der Waals surface area contributed by atoms with E-state index in [0.29, 0.717) is 5.82 Å². The minimum atomic E-state index is -0.0803. The smallest absolute Gasteiger partial charge is 0.228 e. The molecule has 1 aromatic carbocycles. The molecule has 0 radical (unpaired) electrons. The molecular weight excluding hydrogens is 334 g/mol. The second kappa shape index (κ2) is 6.45. The van der Waals surface area contributed by atoms with E-state index in [1.54, 1.807) is 6.20 Å². The molecule has 0 unspecified atom stereocenters. The maximum atomic E-state index is 12.5. The standard InChI is InChI=1S/C18H15N5OS/c1-11-20-18(23-22-11)17-15(7-9-25-17)21-16(24)10-12-4-2-6-14-13(12)5-3-8-19-14/h2-9H,10H2,1H3,(H,21,24)(H,20,22,23). The Morgan fingerprint density at radius 1 is 1.24 bits per heavy atom. The van der Waals surface area contributed by atoms with Crippen LogP contribution in [-0.4, -0.2) is 26.1 Å². The SMILES string of the molecule is Cc1nc(-c2sccc2NC(=O)Cc2cccc3ncccc23)n[nH]1. The first-order valence-electron chi connectivity index (χ1n) is 7.80. The van der Waals surface area contributed by atoms with Gasteiger partial charge in [-0.3, -0.25) is 14.9 Å². The van der Waals surface area contributed by atoms with Gasteiger partial charge in [0, 0.05) is 11.6 Å². The van der Waals surface area contributed by atoms with E-state index in [1.807, 2.05) is 48.7 Å². The highest BCUT2D eigenvalue weighted by Crippen LogP contribution is 2.31. The summed E-state index contributed by atoms with van der Waals surface area (Å²) < 4.78 is 0. The summed E-state index contributed by atoms with van der Waals surface area (Å²) in [5.74, 6) is 1.25. The molecule has 0 saturated heterocycles. The molecule has 6 nitrogen and oxygen atoms in total. The van der Waals surface area contributed by atoms with Crippen molar-refractivity contribution in [3.05, 3.63) is 59.4 Å². The van der Waals surface area contributed by atoms with Gasteiger partial charge in [0.05, 0.1) is 22.5 Å².